The summed E-state index contributed by atoms with van der Waals surface area (Å²) in [7, 11) is 0. The monoisotopic (exact) mass is 239 g/mol. The van der Waals surface area contributed by atoms with Crippen molar-refractivity contribution in [2.75, 3.05) is 13.1 Å². The maximum atomic E-state index is 11.4. The van der Waals surface area contributed by atoms with E-state index in [4.69, 9.17) is 9.90 Å². The van der Waals surface area contributed by atoms with Gasteiger partial charge in [-0.15, -0.1) is 0 Å². The number of rotatable bonds is 0. The summed E-state index contributed by atoms with van der Waals surface area (Å²) >= 11 is 0. The summed E-state index contributed by atoms with van der Waals surface area (Å²) in [5, 5.41) is 7.12. The van der Waals surface area contributed by atoms with Gasteiger partial charge in [0.05, 0.1) is 0 Å². The average Bonchev–Trinajstić information content (AvgIpc) is 1.76. The number of carbonyl (C=O) groups is 1. The van der Waals surface area contributed by atoms with E-state index in [0.29, 0.717) is 11.3 Å². The van der Waals surface area contributed by atoms with Crippen molar-refractivity contribution < 1.29 is 36.2 Å². The minimum atomic E-state index is -5.08. The summed E-state index contributed by atoms with van der Waals surface area (Å²) in [5.74, 6) is -2.76. The van der Waals surface area contributed by atoms with Crippen molar-refractivity contribution in [3.05, 3.63) is 0 Å². The van der Waals surface area contributed by atoms with Gasteiger partial charge in [-0.05, 0) is 6.42 Å². The Morgan fingerprint density at radius 3 is 1.40 bits per heavy atom. The fourth-order valence-corrected chi connectivity index (χ4v) is 0.570. The molecule has 0 spiro atoms. The summed E-state index contributed by atoms with van der Waals surface area (Å²) in [6, 6.07) is 0. The maximum Gasteiger partial charge on any atom is 0.490 e. The number of hydrogen-bond acceptors (Lipinski definition) is 2. The molecule has 1 aliphatic heterocycles. The second kappa shape index (κ2) is 4.69. The predicted octanol–water partition coefficient (Wildman–Crippen LogP) is 1.85. The van der Waals surface area contributed by atoms with E-state index in [9.17, 15) is 26.3 Å². The predicted molar refractivity (Wildman–Crippen MR) is 35.9 cm³/mol. The van der Waals surface area contributed by atoms with Gasteiger partial charge in [0, 0.05) is 13.1 Å². The first-order valence-electron chi connectivity index (χ1n) is 3.67. The molecule has 1 saturated heterocycles. The molecule has 0 saturated carbocycles. The van der Waals surface area contributed by atoms with Crippen LogP contribution in [-0.2, 0) is 4.79 Å². The third kappa shape index (κ3) is 5.45. The molecule has 1 rings (SSSR count). The van der Waals surface area contributed by atoms with Crippen molar-refractivity contribution in [2.45, 2.75) is 18.9 Å². The first kappa shape index (κ1) is 14.0. The average molecular weight is 239 g/mol. The Labute approximate surface area is 80.3 Å². The van der Waals surface area contributed by atoms with Gasteiger partial charge in [0.25, 0.3) is 0 Å². The van der Waals surface area contributed by atoms with E-state index >= 15 is 0 Å². The van der Waals surface area contributed by atoms with Crippen LogP contribution in [0.15, 0.2) is 0 Å². The number of likely N-dealkylation sites (tertiary alicyclic amines) is 1. The van der Waals surface area contributed by atoms with Crippen LogP contribution in [0, 0.1) is 0 Å². The zero-order valence-electron chi connectivity index (χ0n) is 7.19. The third-order valence-electron chi connectivity index (χ3n) is 1.46. The van der Waals surface area contributed by atoms with E-state index in [1.807, 2.05) is 0 Å². The van der Waals surface area contributed by atoms with E-state index in [0.717, 1.165) is 0 Å². The lowest BCUT2D eigenvalue weighted by Gasteiger charge is -2.31. The fourth-order valence-electron chi connectivity index (χ4n) is 0.570. The number of nitrogens with zero attached hydrogens (tertiary/aromatic N) is 1. The van der Waals surface area contributed by atoms with Gasteiger partial charge in [-0.25, -0.2) is 9.69 Å². The molecule has 0 atom stereocenters. The molecule has 90 valence electrons. The molecule has 0 aromatic carbocycles. The van der Waals surface area contributed by atoms with Gasteiger partial charge in [0.2, 0.25) is 0 Å². The highest BCUT2D eigenvalue weighted by atomic mass is 19.4. The number of alkyl halides is 6. The SMILES string of the molecule is FC(F)(F)N1CCC1.O=C(O)C(F)(F)F. The van der Waals surface area contributed by atoms with Crippen LogP contribution < -0.4 is 0 Å². The Bertz CT molecular complexity index is 219. The second-order valence-electron chi connectivity index (χ2n) is 2.61. The lowest BCUT2D eigenvalue weighted by molar-refractivity contribution is -0.263. The highest BCUT2D eigenvalue weighted by Gasteiger charge is 2.40. The summed E-state index contributed by atoms with van der Waals surface area (Å²) in [6.45, 7) is 0.368. The van der Waals surface area contributed by atoms with E-state index in [-0.39, 0.29) is 13.1 Å². The van der Waals surface area contributed by atoms with Gasteiger partial charge in [-0.1, -0.05) is 0 Å². The summed E-state index contributed by atoms with van der Waals surface area (Å²) < 4.78 is 66.0. The van der Waals surface area contributed by atoms with Crippen molar-refractivity contribution in [2.24, 2.45) is 0 Å². The van der Waals surface area contributed by atoms with Crippen LogP contribution in [0.4, 0.5) is 26.3 Å². The lowest BCUT2D eigenvalue weighted by atomic mass is 10.2. The molecular weight excluding hydrogens is 232 g/mol. The van der Waals surface area contributed by atoms with E-state index in [1.165, 1.54) is 0 Å². The van der Waals surface area contributed by atoms with Crippen LogP contribution in [0.5, 0.6) is 0 Å². The number of carboxylic acids is 1. The Balaban J connectivity index is 0.000000265. The molecule has 0 bridgehead atoms. The van der Waals surface area contributed by atoms with Crippen LogP contribution >= 0.6 is 0 Å². The zero-order chi connectivity index (χ0) is 12.3. The van der Waals surface area contributed by atoms with Gasteiger partial charge >= 0.3 is 18.4 Å². The topological polar surface area (TPSA) is 40.5 Å². The number of aliphatic carboxylic acids is 1. The van der Waals surface area contributed by atoms with Crippen molar-refractivity contribution in [3.8, 4) is 0 Å². The molecule has 1 heterocycles. The summed E-state index contributed by atoms with van der Waals surface area (Å²) in [5.41, 5.74) is 0. The molecule has 15 heavy (non-hydrogen) atoms. The number of hydrogen-bond donors (Lipinski definition) is 1. The summed E-state index contributed by atoms with van der Waals surface area (Å²) in [4.78, 5) is 9.39. The Hall–Kier alpha value is -0.990. The molecule has 0 aliphatic carbocycles. The highest BCUT2D eigenvalue weighted by Crippen LogP contribution is 2.25. The van der Waals surface area contributed by atoms with E-state index < -0.39 is 18.4 Å². The van der Waals surface area contributed by atoms with Gasteiger partial charge in [-0.2, -0.15) is 26.3 Å². The zero-order valence-corrected chi connectivity index (χ0v) is 7.19. The summed E-state index contributed by atoms with van der Waals surface area (Å²) in [6.07, 6.45) is -8.47. The molecule has 1 N–H and O–H groups in total. The van der Waals surface area contributed by atoms with Crippen LogP contribution in [0.25, 0.3) is 0 Å². The molecular formula is C6H7F6NO2. The highest BCUT2D eigenvalue weighted by molar-refractivity contribution is 5.73. The number of carboxylic acid groups (broad SMARTS) is 1. The van der Waals surface area contributed by atoms with Crippen molar-refractivity contribution in [1.29, 1.82) is 0 Å². The molecule has 0 unspecified atom stereocenters. The van der Waals surface area contributed by atoms with Gasteiger partial charge in [-0.3, -0.25) is 0 Å². The third-order valence-corrected chi connectivity index (χ3v) is 1.46. The van der Waals surface area contributed by atoms with Crippen LogP contribution in [-0.4, -0.2) is 41.5 Å². The minimum Gasteiger partial charge on any atom is -0.475 e. The van der Waals surface area contributed by atoms with Crippen LogP contribution in [0.3, 0.4) is 0 Å². The van der Waals surface area contributed by atoms with Gasteiger partial charge in [0.1, 0.15) is 0 Å². The molecule has 1 fully saturated rings. The fraction of sp³-hybridized carbons (Fsp3) is 0.833. The molecule has 9 heteroatoms. The first-order chi connectivity index (χ1) is 6.55. The normalized spacial score (nSPS) is 17.5. The molecule has 3 nitrogen and oxygen atoms in total. The Kier molecular flexibility index (Phi) is 4.38. The van der Waals surface area contributed by atoms with Gasteiger partial charge < -0.3 is 5.11 Å². The minimum absolute atomic E-state index is 0.184. The Morgan fingerprint density at radius 1 is 1.07 bits per heavy atom. The Morgan fingerprint density at radius 2 is 1.40 bits per heavy atom. The lowest BCUT2D eigenvalue weighted by Crippen LogP contribution is -2.47. The molecule has 0 aromatic rings. The van der Waals surface area contributed by atoms with Crippen molar-refractivity contribution in [1.82, 2.24) is 4.90 Å². The van der Waals surface area contributed by atoms with Crippen LogP contribution in [0.1, 0.15) is 6.42 Å². The number of halogens is 6. The van der Waals surface area contributed by atoms with Crippen LogP contribution in [0.2, 0.25) is 0 Å². The molecule has 0 aromatic heterocycles. The van der Waals surface area contributed by atoms with E-state index in [2.05, 4.69) is 0 Å². The second-order valence-corrected chi connectivity index (χ2v) is 2.61. The van der Waals surface area contributed by atoms with Crippen molar-refractivity contribution in [3.63, 3.8) is 0 Å². The standard InChI is InChI=1S/C4H6F3N.C2HF3O2/c5-4(6,7)8-2-1-3-8;3-2(4,5)1(6)7/h1-3H2;(H,6,7). The molecule has 0 radical (unpaired) electrons. The first-order valence-corrected chi connectivity index (χ1v) is 3.67. The van der Waals surface area contributed by atoms with Gasteiger partial charge in [0.15, 0.2) is 0 Å². The smallest absolute Gasteiger partial charge is 0.475 e. The van der Waals surface area contributed by atoms with E-state index in [1.54, 1.807) is 0 Å². The molecule has 0 amide bonds. The maximum absolute atomic E-state index is 11.4. The largest absolute Gasteiger partial charge is 0.490 e. The van der Waals surface area contributed by atoms with Crippen molar-refractivity contribution >= 4 is 5.97 Å². The quantitative estimate of drug-likeness (QED) is 0.518. The molecule has 1 aliphatic rings.